The molecule has 3 aromatic rings. The van der Waals surface area contributed by atoms with Crippen molar-refractivity contribution in [3.63, 3.8) is 0 Å². The molecule has 1 saturated carbocycles. The summed E-state index contributed by atoms with van der Waals surface area (Å²) in [7, 11) is 1.90. The van der Waals surface area contributed by atoms with E-state index in [0.717, 1.165) is 29.6 Å². The predicted octanol–water partition coefficient (Wildman–Crippen LogP) is 3.29. The lowest BCUT2D eigenvalue weighted by atomic mass is 10.2. The Labute approximate surface area is 146 Å². The number of carbonyl (C=O) groups excluding carboxylic acids is 1. The molecule has 0 radical (unpaired) electrons. The summed E-state index contributed by atoms with van der Waals surface area (Å²) in [6.07, 6.45) is 9.63. The highest BCUT2D eigenvalue weighted by atomic mass is 16.2. The van der Waals surface area contributed by atoms with Gasteiger partial charge in [-0.15, -0.1) is 0 Å². The first-order valence-corrected chi connectivity index (χ1v) is 8.52. The Balaban J connectivity index is 1.53. The van der Waals surface area contributed by atoms with Crippen LogP contribution in [0.3, 0.4) is 0 Å². The van der Waals surface area contributed by atoms with Gasteiger partial charge in [0.1, 0.15) is 5.52 Å². The molecular weight excluding hydrogens is 312 g/mol. The van der Waals surface area contributed by atoms with Crippen molar-refractivity contribution < 1.29 is 4.79 Å². The molecule has 0 N–H and O–H groups in total. The average molecular weight is 332 g/mol. The number of carbonyl (C=O) groups is 1. The van der Waals surface area contributed by atoms with Gasteiger partial charge in [0, 0.05) is 25.8 Å². The fraction of sp³-hybridized carbons (Fsp3) is 0.250. The minimum absolute atomic E-state index is 0.0280. The molecule has 0 atom stereocenters. The van der Waals surface area contributed by atoms with Crippen LogP contribution in [0.2, 0.25) is 0 Å². The molecule has 5 nitrogen and oxygen atoms in total. The lowest BCUT2D eigenvalue weighted by Gasteiger charge is -2.20. The second-order valence-electron chi connectivity index (χ2n) is 6.42. The van der Waals surface area contributed by atoms with E-state index in [2.05, 4.69) is 34.3 Å². The number of benzene rings is 1. The molecule has 1 aromatic carbocycles. The molecule has 0 unspecified atom stereocenters. The molecule has 4 rings (SSSR count). The lowest BCUT2D eigenvalue weighted by Crippen LogP contribution is -2.33. The van der Waals surface area contributed by atoms with E-state index in [4.69, 9.17) is 0 Å². The van der Waals surface area contributed by atoms with Crippen molar-refractivity contribution in [2.75, 3.05) is 6.54 Å². The number of hydrogen-bond acceptors (Lipinski definition) is 3. The van der Waals surface area contributed by atoms with Gasteiger partial charge in [0.2, 0.25) is 0 Å². The van der Waals surface area contributed by atoms with Crippen molar-refractivity contribution in [3.05, 3.63) is 66.1 Å². The fourth-order valence-electron chi connectivity index (χ4n) is 2.95. The summed E-state index contributed by atoms with van der Waals surface area (Å²) in [4.78, 5) is 23.6. The topological polar surface area (TPSA) is 51.0 Å². The zero-order valence-corrected chi connectivity index (χ0v) is 14.2. The minimum Gasteiger partial charge on any atom is -0.332 e. The van der Waals surface area contributed by atoms with Gasteiger partial charge in [0.05, 0.1) is 11.9 Å². The molecule has 126 valence electrons. The molecule has 0 bridgehead atoms. The predicted molar refractivity (Wildman–Crippen MR) is 98.0 cm³/mol. The number of pyridine rings is 1. The monoisotopic (exact) mass is 332 g/mol. The van der Waals surface area contributed by atoms with E-state index in [1.807, 2.05) is 40.8 Å². The van der Waals surface area contributed by atoms with Crippen LogP contribution >= 0.6 is 0 Å². The van der Waals surface area contributed by atoms with E-state index in [-0.39, 0.29) is 5.91 Å². The van der Waals surface area contributed by atoms with Crippen LogP contribution in [0.25, 0.3) is 17.2 Å². The Morgan fingerprint density at radius 3 is 2.84 bits per heavy atom. The summed E-state index contributed by atoms with van der Waals surface area (Å²) in [6, 6.07) is 12.3. The van der Waals surface area contributed by atoms with Crippen molar-refractivity contribution in [3.8, 4) is 0 Å². The van der Waals surface area contributed by atoms with Gasteiger partial charge >= 0.3 is 0 Å². The quantitative estimate of drug-likeness (QED) is 0.720. The Kier molecular flexibility index (Phi) is 4.06. The van der Waals surface area contributed by atoms with E-state index in [1.54, 1.807) is 12.5 Å². The molecular formula is C20H20N4O. The first-order chi connectivity index (χ1) is 12.2. The van der Waals surface area contributed by atoms with E-state index < -0.39 is 0 Å². The number of aryl methyl sites for hydroxylation is 1. The molecule has 1 amide bonds. The Hall–Kier alpha value is -2.95. The number of nitrogens with zero attached hydrogens (tertiary/aromatic N) is 4. The second kappa shape index (κ2) is 6.51. The van der Waals surface area contributed by atoms with Gasteiger partial charge in [-0.2, -0.15) is 0 Å². The second-order valence-corrected chi connectivity index (χ2v) is 6.42. The van der Waals surface area contributed by atoms with Crippen LogP contribution in [0, 0.1) is 0 Å². The molecule has 25 heavy (non-hydrogen) atoms. The van der Waals surface area contributed by atoms with Crippen LogP contribution in [-0.4, -0.2) is 37.9 Å². The van der Waals surface area contributed by atoms with Gasteiger partial charge in [-0.3, -0.25) is 4.79 Å². The third-order valence-corrected chi connectivity index (χ3v) is 4.46. The van der Waals surface area contributed by atoms with Crippen molar-refractivity contribution >= 4 is 23.1 Å². The molecule has 0 aliphatic heterocycles. The molecule has 5 heteroatoms. The van der Waals surface area contributed by atoms with Gasteiger partial charge in [0.15, 0.2) is 5.65 Å². The Morgan fingerprint density at radius 2 is 2.08 bits per heavy atom. The first-order valence-electron chi connectivity index (χ1n) is 8.52. The molecule has 0 spiro atoms. The van der Waals surface area contributed by atoms with E-state index >= 15 is 0 Å². The lowest BCUT2D eigenvalue weighted by molar-refractivity contribution is 0.0762. The Morgan fingerprint density at radius 1 is 1.28 bits per heavy atom. The molecule has 1 fully saturated rings. The molecule has 1 aliphatic rings. The van der Waals surface area contributed by atoms with Crippen LogP contribution in [-0.2, 0) is 7.05 Å². The van der Waals surface area contributed by atoms with Crippen LogP contribution in [0.4, 0.5) is 0 Å². The van der Waals surface area contributed by atoms with E-state index in [1.165, 1.54) is 0 Å². The van der Waals surface area contributed by atoms with Crippen molar-refractivity contribution in [2.24, 2.45) is 7.05 Å². The van der Waals surface area contributed by atoms with Gasteiger partial charge in [0.25, 0.3) is 5.91 Å². The van der Waals surface area contributed by atoms with Gasteiger partial charge in [-0.05, 0) is 24.5 Å². The average Bonchev–Trinajstić information content (AvgIpc) is 3.42. The van der Waals surface area contributed by atoms with Crippen LogP contribution in [0.1, 0.15) is 28.8 Å². The number of hydrogen-bond donors (Lipinski definition) is 0. The summed E-state index contributed by atoms with van der Waals surface area (Å²) in [6.45, 7) is 0.610. The number of amides is 1. The van der Waals surface area contributed by atoms with Crippen LogP contribution in [0.5, 0.6) is 0 Å². The highest BCUT2D eigenvalue weighted by molar-refractivity contribution is 5.96. The zero-order valence-electron chi connectivity index (χ0n) is 14.2. The third-order valence-electron chi connectivity index (χ3n) is 4.46. The van der Waals surface area contributed by atoms with Crippen molar-refractivity contribution in [1.82, 2.24) is 19.4 Å². The van der Waals surface area contributed by atoms with Gasteiger partial charge in [-0.25, -0.2) is 9.97 Å². The van der Waals surface area contributed by atoms with Gasteiger partial charge < -0.3 is 9.47 Å². The van der Waals surface area contributed by atoms with Crippen LogP contribution in [0.15, 0.2) is 55.0 Å². The Bertz CT molecular complexity index is 925. The minimum atomic E-state index is 0.0280. The first kappa shape index (κ1) is 15.6. The summed E-state index contributed by atoms with van der Waals surface area (Å²) >= 11 is 0. The van der Waals surface area contributed by atoms with Crippen LogP contribution < -0.4 is 0 Å². The molecule has 2 aromatic heterocycles. The maximum atomic E-state index is 12.9. The maximum absolute atomic E-state index is 12.9. The smallest absolute Gasteiger partial charge is 0.256 e. The highest BCUT2D eigenvalue weighted by Gasteiger charge is 2.32. The normalized spacial score (nSPS) is 14.3. The number of imidazole rings is 1. The summed E-state index contributed by atoms with van der Waals surface area (Å²) < 4.78 is 1.85. The number of aromatic nitrogens is 3. The molecule has 2 heterocycles. The summed E-state index contributed by atoms with van der Waals surface area (Å²) in [5.41, 5.74) is 3.29. The number of rotatable bonds is 5. The van der Waals surface area contributed by atoms with E-state index in [0.29, 0.717) is 18.2 Å². The van der Waals surface area contributed by atoms with Crippen molar-refractivity contribution in [2.45, 2.75) is 18.9 Å². The highest BCUT2D eigenvalue weighted by Crippen LogP contribution is 2.28. The third kappa shape index (κ3) is 3.31. The van der Waals surface area contributed by atoms with E-state index in [9.17, 15) is 4.79 Å². The van der Waals surface area contributed by atoms with Crippen molar-refractivity contribution in [1.29, 1.82) is 0 Å². The maximum Gasteiger partial charge on any atom is 0.256 e. The standard InChI is InChI=1S/C20H20N4O/c1-23-14-22-18-12-16(13-21-19(18)23)20(25)24(17-9-10-17)11-5-8-15-6-3-2-4-7-15/h2-8,12-14,17H,9-11H2,1H3/b8-5+. The largest absolute Gasteiger partial charge is 0.332 e. The zero-order chi connectivity index (χ0) is 17.2. The summed E-state index contributed by atoms with van der Waals surface area (Å²) in [5.74, 6) is 0.0280. The fourth-order valence-corrected chi connectivity index (χ4v) is 2.95. The SMILES string of the molecule is Cn1cnc2cc(C(=O)N(C/C=C/c3ccccc3)C3CC3)cnc21. The number of fused-ring (bicyclic) bond motifs is 1. The summed E-state index contributed by atoms with van der Waals surface area (Å²) in [5, 5.41) is 0. The molecule has 0 saturated heterocycles. The molecule has 1 aliphatic carbocycles. The van der Waals surface area contributed by atoms with Gasteiger partial charge in [-0.1, -0.05) is 42.5 Å².